The molecule has 0 bridgehead atoms. The zero-order valence-electron chi connectivity index (χ0n) is 7.21. The molecule has 0 unspecified atom stereocenters. The number of hydrogen-bond donors (Lipinski definition) is 1. The summed E-state index contributed by atoms with van der Waals surface area (Å²) < 4.78 is 5.82. The fourth-order valence-electron chi connectivity index (χ4n) is 0.959. The molecule has 0 heterocycles. The van der Waals surface area contributed by atoms with Gasteiger partial charge < -0.3 is 10.5 Å². The van der Waals surface area contributed by atoms with E-state index in [0.717, 1.165) is 4.47 Å². The summed E-state index contributed by atoms with van der Waals surface area (Å²) in [6.45, 7) is 0.0135. The van der Waals surface area contributed by atoms with Crippen LogP contribution in [0.15, 0.2) is 22.7 Å². The quantitative estimate of drug-likeness (QED) is 0.821. The van der Waals surface area contributed by atoms with Crippen molar-refractivity contribution in [3.63, 3.8) is 0 Å². The molecule has 1 aromatic rings. The van der Waals surface area contributed by atoms with Crippen LogP contribution in [0.5, 0.6) is 5.75 Å². The van der Waals surface area contributed by atoms with E-state index in [9.17, 15) is 4.79 Å². The van der Waals surface area contributed by atoms with Crippen LogP contribution in [0, 0.1) is 0 Å². The van der Waals surface area contributed by atoms with Gasteiger partial charge in [-0.05, 0) is 18.2 Å². The normalized spacial score (nSPS) is 9.77. The molecule has 0 aromatic heterocycles. The Morgan fingerprint density at radius 1 is 1.54 bits per heavy atom. The van der Waals surface area contributed by atoms with Gasteiger partial charge in [-0.1, -0.05) is 15.9 Å². The minimum atomic E-state index is -0.0976. The molecule has 0 aliphatic heterocycles. The van der Waals surface area contributed by atoms with E-state index < -0.39 is 0 Å². The highest BCUT2D eigenvalue weighted by Crippen LogP contribution is 2.21. The Balaban J connectivity index is 3.08. The molecule has 0 spiro atoms. The molecule has 0 saturated carbocycles. The fraction of sp³-hybridized carbons (Fsp3) is 0.222. The van der Waals surface area contributed by atoms with Crippen molar-refractivity contribution in [2.24, 2.45) is 5.73 Å². The first kappa shape index (κ1) is 10.2. The second-order valence-corrected chi connectivity index (χ2v) is 3.42. The van der Waals surface area contributed by atoms with Crippen LogP contribution in [0.2, 0.25) is 0 Å². The first-order valence-electron chi connectivity index (χ1n) is 3.75. The summed E-state index contributed by atoms with van der Waals surface area (Å²) >= 11 is 3.28. The van der Waals surface area contributed by atoms with Gasteiger partial charge >= 0.3 is 0 Å². The van der Waals surface area contributed by atoms with Crippen LogP contribution in [0.3, 0.4) is 0 Å². The number of hydrogen-bond acceptors (Lipinski definition) is 3. The minimum absolute atomic E-state index is 0.0135. The van der Waals surface area contributed by atoms with E-state index in [1.165, 1.54) is 0 Å². The largest absolute Gasteiger partial charge is 0.497 e. The van der Waals surface area contributed by atoms with Crippen LogP contribution in [-0.2, 0) is 0 Å². The van der Waals surface area contributed by atoms with Gasteiger partial charge in [0, 0.05) is 10.0 Å². The molecule has 70 valence electrons. The van der Waals surface area contributed by atoms with E-state index in [1.807, 2.05) is 0 Å². The topological polar surface area (TPSA) is 52.3 Å². The Kier molecular flexibility index (Phi) is 3.45. The summed E-state index contributed by atoms with van der Waals surface area (Å²) in [7, 11) is 1.55. The van der Waals surface area contributed by atoms with Crippen molar-refractivity contribution in [3.05, 3.63) is 28.2 Å². The highest BCUT2D eigenvalue weighted by Gasteiger charge is 2.05. The zero-order valence-corrected chi connectivity index (χ0v) is 8.80. The average molecular weight is 244 g/mol. The molecule has 1 aromatic carbocycles. The second-order valence-electron chi connectivity index (χ2n) is 2.51. The molecule has 0 fully saturated rings. The average Bonchev–Trinajstić information content (AvgIpc) is 2.15. The molecule has 2 N–H and O–H groups in total. The number of methoxy groups -OCH3 is 1. The van der Waals surface area contributed by atoms with Gasteiger partial charge in [0.05, 0.1) is 13.7 Å². The van der Waals surface area contributed by atoms with Crippen molar-refractivity contribution in [2.75, 3.05) is 13.7 Å². The minimum Gasteiger partial charge on any atom is -0.497 e. The Morgan fingerprint density at radius 2 is 2.23 bits per heavy atom. The van der Waals surface area contributed by atoms with E-state index in [1.54, 1.807) is 25.3 Å². The van der Waals surface area contributed by atoms with Gasteiger partial charge in [-0.15, -0.1) is 0 Å². The first-order chi connectivity index (χ1) is 6.17. The molecule has 0 amide bonds. The maximum absolute atomic E-state index is 11.2. The van der Waals surface area contributed by atoms with Gasteiger partial charge in [0.25, 0.3) is 0 Å². The van der Waals surface area contributed by atoms with Crippen LogP contribution in [0.4, 0.5) is 0 Å². The van der Waals surface area contributed by atoms with Gasteiger partial charge in [0.1, 0.15) is 5.75 Å². The van der Waals surface area contributed by atoms with Crippen molar-refractivity contribution >= 4 is 21.7 Å². The first-order valence-corrected chi connectivity index (χ1v) is 4.54. The third kappa shape index (κ3) is 2.54. The van der Waals surface area contributed by atoms with Gasteiger partial charge in [0.2, 0.25) is 0 Å². The van der Waals surface area contributed by atoms with Gasteiger partial charge in [-0.25, -0.2) is 0 Å². The van der Waals surface area contributed by atoms with E-state index in [0.29, 0.717) is 11.3 Å². The number of carbonyl (C=O) groups is 1. The van der Waals surface area contributed by atoms with Crippen molar-refractivity contribution in [3.8, 4) is 5.75 Å². The highest BCUT2D eigenvalue weighted by atomic mass is 79.9. The maximum atomic E-state index is 11.2. The molecular formula is C9H10BrNO2. The zero-order chi connectivity index (χ0) is 9.84. The number of halogens is 1. The summed E-state index contributed by atoms with van der Waals surface area (Å²) in [5, 5.41) is 0. The number of nitrogens with two attached hydrogens (primary N) is 1. The Morgan fingerprint density at radius 3 is 2.77 bits per heavy atom. The van der Waals surface area contributed by atoms with Crippen LogP contribution in [-0.4, -0.2) is 19.4 Å². The molecule has 0 saturated heterocycles. The molecular weight excluding hydrogens is 234 g/mol. The third-order valence-electron chi connectivity index (χ3n) is 1.61. The maximum Gasteiger partial charge on any atom is 0.176 e. The highest BCUT2D eigenvalue weighted by molar-refractivity contribution is 9.10. The predicted octanol–water partition coefficient (Wildman–Crippen LogP) is 1.60. The number of carbonyl (C=O) groups excluding carboxylic acids is 1. The van der Waals surface area contributed by atoms with Gasteiger partial charge in [-0.3, -0.25) is 4.79 Å². The molecule has 0 radical (unpaired) electrons. The van der Waals surface area contributed by atoms with E-state index >= 15 is 0 Å². The Labute approximate surface area is 85.0 Å². The number of benzene rings is 1. The van der Waals surface area contributed by atoms with Crippen molar-refractivity contribution in [2.45, 2.75) is 0 Å². The summed E-state index contributed by atoms with van der Waals surface area (Å²) in [4.78, 5) is 11.2. The lowest BCUT2D eigenvalue weighted by molar-refractivity contribution is 0.100. The molecule has 4 heteroatoms. The summed E-state index contributed by atoms with van der Waals surface area (Å²) in [6, 6.07) is 5.17. The standard InChI is InChI=1S/C9H10BrNO2/c1-13-8-3-6(9(12)5-11)2-7(10)4-8/h2-4H,5,11H2,1H3. The van der Waals surface area contributed by atoms with Gasteiger partial charge in [0.15, 0.2) is 5.78 Å². The Hall–Kier alpha value is -0.870. The van der Waals surface area contributed by atoms with Gasteiger partial charge in [-0.2, -0.15) is 0 Å². The van der Waals surface area contributed by atoms with Crippen molar-refractivity contribution in [1.29, 1.82) is 0 Å². The predicted molar refractivity (Wildman–Crippen MR) is 54.1 cm³/mol. The number of Topliss-reactive ketones (excluding diaryl/α,β-unsaturated/α-hetero) is 1. The molecule has 0 aliphatic carbocycles. The lowest BCUT2D eigenvalue weighted by Crippen LogP contribution is -2.13. The third-order valence-corrected chi connectivity index (χ3v) is 2.07. The summed E-state index contributed by atoms with van der Waals surface area (Å²) in [6.07, 6.45) is 0. The molecule has 13 heavy (non-hydrogen) atoms. The smallest absolute Gasteiger partial charge is 0.176 e. The number of ketones is 1. The second kappa shape index (κ2) is 4.39. The van der Waals surface area contributed by atoms with Crippen LogP contribution in [0.25, 0.3) is 0 Å². The van der Waals surface area contributed by atoms with Crippen molar-refractivity contribution < 1.29 is 9.53 Å². The van der Waals surface area contributed by atoms with Crippen molar-refractivity contribution in [1.82, 2.24) is 0 Å². The summed E-state index contributed by atoms with van der Waals surface area (Å²) in [5.74, 6) is 0.547. The van der Waals surface area contributed by atoms with Crippen LogP contribution >= 0.6 is 15.9 Å². The SMILES string of the molecule is COc1cc(Br)cc(C(=O)CN)c1. The molecule has 3 nitrogen and oxygen atoms in total. The van der Waals surface area contributed by atoms with Crippen LogP contribution in [0.1, 0.15) is 10.4 Å². The summed E-state index contributed by atoms with van der Waals surface area (Å²) in [5.41, 5.74) is 5.80. The monoisotopic (exact) mass is 243 g/mol. The van der Waals surface area contributed by atoms with Crippen LogP contribution < -0.4 is 10.5 Å². The van der Waals surface area contributed by atoms with E-state index in [4.69, 9.17) is 10.5 Å². The Bertz CT molecular complexity index is 325. The molecule has 0 atom stereocenters. The van der Waals surface area contributed by atoms with E-state index in [-0.39, 0.29) is 12.3 Å². The fourth-order valence-corrected chi connectivity index (χ4v) is 1.43. The lowest BCUT2D eigenvalue weighted by atomic mass is 10.1. The number of rotatable bonds is 3. The molecule has 1 rings (SSSR count). The molecule has 0 aliphatic rings. The number of ether oxygens (including phenoxy) is 1. The van der Waals surface area contributed by atoms with E-state index in [2.05, 4.69) is 15.9 Å². The lowest BCUT2D eigenvalue weighted by Gasteiger charge is -2.03.